The van der Waals surface area contributed by atoms with Gasteiger partial charge in [-0.15, -0.1) is 0 Å². The molecule has 1 amide bonds. The minimum Gasteiger partial charge on any atom is -0.504 e. The lowest BCUT2D eigenvalue weighted by Crippen LogP contribution is -2.78. The summed E-state index contributed by atoms with van der Waals surface area (Å²) in [6.07, 6.45) is 9.08. The van der Waals surface area contributed by atoms with Gasteiger partial charge >= 0.3 is 0 Å². The van der Waals surface area contributed by atoms with Crippen LogP contribution < -0.4 is 10.1 Å². The lowest BCUT2D eigenvalue weighted by Gasteiger charge is -2.64. The molecule has 1 saturated heterocycles. The molecule has 2 aliphatic heterocycles. The van der Waals surface area contributed by atoms with Gasteiger partial charge in [0.05, 0.1) is 17.1 Å². The standard InChI is InChI=1S/C28H33N3O4/c1-2-17-14-29-11-8-19(17)26(33)30-20-7-9-28(34)22-13-18-5-6-21(32)24-23(18)27(28,25(20)35-24)10-12-31(22)15-16-3-4-16/h5-6,8,11,14,16,20,22,25,32,34H,2-4,7,9-10,12-13,15H2,1H3,(H,30,33)/t20-,22-,25+,27+,28-/m1/s1. The van der Waals surface area contributed by atoms with Crippen molar-refractivity contribution in [2.24, 2.45) is 5.92 Å². The van der Waals surface area contributed by atoms with E-state index in [0.29, 0.717) is 24.2 Å². The number of rotatable bonds is 5. The molecular weight excluding hydrogens is 442 g/mol. The lowest BCUT2D eigenvalue weighted by atomic mass is 9.48. The number of aliphatic hydroxyl groups is 1. The molecule has 3 N–H and O–H groups in total. The highest BCUT2D eigenvalue weighted by Crippen LogP contribution is 2.65. The van der Waals surface area contributed by atoms with Gasteiger partial charge in [-0.1, -0.05) is 13.0 Å². The predicted octanol–water partition coefficient (Wildman–Crippen LogP) is 2.71. The third-order valence-corrected chi connectivity index (χ3v) is 9.61. The number of phenols is 1. The Kier molecular flexibility index (Phi) is 4.59. The molecule has 5 atom stereocenters. The molecule has 35 heavy (non-hydrogen) atoms. The number of piperidine rings is 1. The highest BCUT2D eigenvalue weighted by Gasteiger charge is 2.73. The molecule has 0 unspecified atom stereocenters. The van der Waals surface area contributed by atoms with Crippen LogP contribution in [0.5, 0.6) is 11.5 Å². The second-order valence-electron chi connectivity index (χ2n) is 11.3. The fraction of sp³-hybridized carbons (Fsp3) is 0.571. The first-order valence-corrected chi connectivity index (χ1v) is 13.2. The fourth-order valence-electron chi connectivity index (χ4n) is 7.81. The Balaban J connectivity index is 1.29. The van der Waals surface area contributed by atoms with Crippen LogP contribution in [0.1, 0.15) is 66.1 Å². The van der Waals surface area contributed by atoms with Gasteiger partial charge in [0.25, 0.3) is 5.91 Å². The zero-order chi connectivity index (χ0) is 23.9. The van der Waals surface area contributed by atoms with Crippen molar-refractivity contribution in [2.75, 3.05) is 13.1 Å². The van der Waals surface area contributed by atoms with E-state index in [1.54, 1.807) is 24.5 Å². The molecule has 2 bridgehead atoms. The predicted molar refractivity (Wildman–Crippen MR) is 130 cm³/mol. The second-order valence-corrected chi connectivity index (χ2v) is 11.3. The van der Waals surface area contributed by atoms with Gasteiger partial charge in [0, 0.05) is 36.1 Å². The minimum atomic E-state index is -0.941. The molecule has 0 radical (unpaired) electrons. The van der Waals surface area contributed by atoms with Crippen molar-refractivity contribution in [2.45, 2.75) is 81.1 Å². The van der Waals surface area contributed by atoms with Gasteiger partial charge in [-0.25, -0.2) is 0 Å². The van der Waals surface area contributed by atoms with E-state index in [1.165, 1.54) is 18.4 Å². The maximum Gasteiger partial charge on any atom is 0.252 e. The summed E-state index contributed by atoms with van der Waals surface area (Å²) in [6.45, 7) is 3.98. The van der Waals surface area contributed by atoms with E-state index in [1.807, 2.05) is 13.0 Å². The lowest BCUT2D eigenvalue weighted by molar-refractivity contribution is -0.191. The third-order valence-electron chi connectivity index (χ3n) is 9.61. The highest BCUT2D eigenvalue weighted by atomic mass is 16.5. The summed E-state index contributed by atoms with van der Waals surface area (Å²) in [4.78, 5) is 20.1. The van der Waals surface area contributed by atoms with Gasteiger partial charge in [-0.3, -0.25) is 14.7 Å². The number of carbonyl (C=O) groups is 1. The molecule has 184 valence electrons. The van der Waals surface area contributed by atoms with E-state index < -0.39 is 17.1 Å². The first-order valence-electron chi connectivity index (χ1n) is 13.2. The summed E-state index contributed by atoms with van der Waals surface area (Å²) in [5, 5.41) is 26.6. The Labute approximate surface area is 205 Å². The van der Waals surface area contributed by atoms with Crippen LogP contribution in [0.4, 0.5) is 0 Å². The number of nitrogens with one attached hydrogen (secondary N) is 1. The van der Waals surface area contributed by atoms with Crippen LogP contribution in [-0.2, 0) is 18.3 Å². The molecule has 1 aromatic heterocycles. The quantitative estimate of drug-likeness (QED) is 0.616. The van der Waals surface area contributed by atoms with Crippen molar-refractivity contribution in [1.82, 2.24) is 15.2 Å². The number of phenolic OH excluding ortho intramolecular Hbond substituents is 1. The molecule has 7 rings (SSSR count). The molecule has 1 spiro atoms. The Hall–Kier alpha value is -2.64. The zero-order valence-corrected chi connectivity index (χ0v) is 20.2. The average Bonchev–Trinajstić information content (AvgIpc) is 3.60. The van der Waals surface area contributed by atoms with Crippen LogP contribution in [0.3, 0.4) is 0 Å². The van der Waals surface area contributed by atoms with E-state index in [2.05, 4.69) is 15.2 Å². The number of hydrogen-bond acceptors (Lipinski definition) is 6. The van der Waals surface area contributed by atoms with Crippen LogP contribution >= 0.6 is 0 Å². The minimum absolute atomic E-state index is 0.0366. The number of pyridine rings is 1. The molecular formula is C28H33N3O4. The SMILES string of the molecule is CCc1cnccc1C(=O)N[C@@H]1CC[C@@]2(O)[C@H]3Cc4ccc(O)c5c4[C@@]2(CCN3CC2CC2)[C@H]1O5. The number of carbonyl (C=O) groups excluding carboxylic acids is 1. The van der Waals surface area contributed by atoms with E-state index in [-0.39, 0.29) is 23.7 Å². The number of nitrogens with zero attached hydrogens (tertiary/aromatic N) is 2. The summed E-state index contributed by atoms with van der Waals surface area (Å²) in [7, 11) is 0. The van der Waals surface area contributed by atoms with E-state index in [9.17, 15) is 15.0 Å². The van der Waals surface area contributed by atoms with Gasteiger partial charge in [-0.2, -0.15) is 0 Å². The maximum absolute atomic E-state index is 13.4. The topological polar surface area (TPSA) is 94.9 Å². The van der Waals surface area contributed by atoms with Crippen molar-refractivity contribution in [3.8, 4) is 11.5 Å². The zero-order valence-electron chi connectivity index (χ0n) is 20.2. The summed E-state index contributed by atoms with van der Waals surface area (Å²) >= 11 is 0. The number of likely N-dealkylation sites (tertiary alicyclic amines) is 1. The maximum atomic E-state index is 13.4. The van der Waals surface area contributed by atoms with E-state index in [4.69, 9.17) is 4.74 Å². The summed E-state index contributed by atoms with van der Waals surface area (Å²) < 4.78 is 6.55. The summed E-state index contributed by atoms with van der Waals surface area (Å²) in [6, 6.07) is 5.29. The molecule has 1 aromatic carbocycles. The van der Waals surface area contributed by atoms with E-state index >= 15 is 0 Å². The Morgan fingerprint density at radius 3 is 2.91 bits per heavy atom. The van der Waals surface area contributed by atoms with Gasteiger partial charge in [-0.05, 0) is 80.7 Å². The van der Waals surface area contributed by atoms with Crippen LogP contribution in [0.2, 0.25) is 0 Å². The highest BCUT2D eigenvalue weighted by molar-refractivity contribution is 5.95. The Morgan fingerprint density at radius 1 is 1.26 bits per heavy atom. The Bertz CT molecular complexity index is 1210. The molecule has 3 heterocycles. The largest absolute Gasteiger partial charge is 0.504 e. The molecule has 7 heteroatoms. The number of aryl methyl sites for hydroxylation is 1. The first kappa shape index (κ1) is 21.6. The first-order chi connectivity index (χ1) is 17.0. The van der Waals surface area contributed by atoms with Crippen molar-refractivity contribution in [3.05, 3.63) is 52.8 Å². The van der Waals surface area contributed by atoms with Gasteiger partial charge in [0.15, 0.2) is 11.5 Å². The smallest absolute Gasteiger partial charge is 0.252 e. The Morgan fingerprint density at radius 2 is 2.11 bits per heavy atom. The molecule has 5 aliphatic rings. The van der Waals surface area contributed by atoms with Crippen LogP contribution in [0.15, 0.2) is 30.6 Å². The average molecular weight is 476 g/mol. The monoisotopic (exact) mass is 475 g/mol. The van der Waals surface area contributed by atoms with Crippen molar-refractivity contribution < 1.29 is 19.7 Å². The van der Waals surface area contributed by atoms with Gasteiger partial charge < -0.3 is 20.3 Å². The van der Waals surface area contributed by atoms with Crippen LogP contribution in [0.25, 0.3) is 0 Å². The number of hydrogen-bond donors (Lipinski definition) is 3. The van der Waals surface area contributed by atoms with Gasteiger partial charge in [0.2, 0.25) is 0 Å². The third kappa shape index (κ3) is 2.85. The molecule has 3 aliphatic carbocycles. The number of aromatic nitrogens is 1. The van der Waals surface area contributed by atoms with E-state index in [0.717, 1.165) is 49.4 Å². The number of benzene rings is 1. The van der Waals surface area contributed by atoms with Crippen LogP contribution in [-0.4, -0.2) is 62.9 Å². The molecule has 7 nitrogen and oxygen atoms in total. The summed E-state index contributed by atoms with van der Waals surface area (Å²) in [5.74, 6) is 1.27. The molecule has 3 fully saturated rings. The van der Waals surface area contributed by atoms with Crippen molar-refractivity contribution >= 4 is 5.91 Å². The van der Waals surface area contributed by atoms with Crippen LogP contribution in [0, 0.1) is 5.92 Å². The number of ether oxygens (including phenoxy) is 1. The molecule has 2 aromatic rings. The van der Waals surface area contributed by atoms with Crippen molar-refractivity contribution in [1.29, 1.82) is 0 Å². The molecule has 2 saturated carbocycles. The van der Waals surface area contributed by atoms with Crippen molar-refractivity contribution in [3.63, 3.8) is 0 Å². The summed E-state index contributed by atoms with van der Waals surface area (Å²) in [5.41, 5.74) is 2.15. The van der Waals surface area contributed by atoms with Gasteiger partial charge in [0.1, 0.15) is 6.10 Å². The normalized spacial score (nSPS) is 34.7. The number of amides is 1. The second kappa shape index (κ2) is 7.43. The number of aromatic hydroxyl groups is 1. The fourth-order valence-corrected chi connectivity index (χ4v) is 7.81.